The average Bonchev–Trinajstić information content (AvgIpc) is 3.48. The minimum Gasteiger partial charge on any atom is -0.464 e. The first-order valence-corrected chi connectivity index (χ1v) is 12.0. The minimum atomic E-state index is -0.269. The number of aryl methyl sites for hydroxylation is 1. The Morgan fingerprint density at radius 1 is 0.824 bits per heavy atom. The van der Waals surface area contributed by atoms with Gasteiger partial charge in [0, 0.05) is 45.9 Å². The van der Waals surface area contributed by atoms with Gasteiger partial charge in [0.05, 0.1) is 11.8 Å². The molecule has 3 heterocycles. The van der Waals surface area contributed by atoms with E-state index in [0.29, 0.717) is 0 Å². The first-order valence-electron chi connectivity index (χ1n) is 12.0. The molecule has 166 valence electrons. The van der Waals surface area contributed by atoms with Gasteiger partial charge < -0.3 is 9.30 Å². The molecule has 0 saturated heterocycles. The molecule has 0 N–H and O–H groups in total. The zero-order chi connectivity index (χ0) is 22.6. The highest BCUT2D eigenvalue weighted by Crippen LogP contribution is 2.48. The molecule has 0 fully saturated rings. The van der Waals surface area contributed by atoms with Gasteiger partial charge >= 0.3 is 0 Å². The van der Waals surface area contributed by atoms with E-state index in [1.165, 1.54) is 32.9 Å². The van der Waals surface area contributed by atoms with Crippen LogP contribution in [0.4, 0.5) is 0 Å². The Morgan fingerprint density at radius 3 is 2.47 bits per heavy atom. The highest BCUT2D eigenvalue weighted by atomic mass is 16.5. The minimum absolute atomic E-state index is 0.165. The average molecular weight is 444 g/mol. The molecule has 34 heavy (non-hydrogen) atoms. The number of hydrogen-bond donors (Lipinski definition) is 0. The molecule has 0 unspecified atom stereocenters. The van der Waals surface area contributed by atoms with Gasteiger partial charge in [-0.3, -0.25) is 0 Å². The zero-order valence-electron chi connectivity index (χ0n) is 19.1. The molecule has 0 radical (unpaired) electrons. The molecule has 0 amide bonds. The van der Waals surface area contributed by atoms with E-state index >= 15 is 0 Å². The number of benzene rings is 4. The highest BCUT2D eigenvalue weighted by Gasteiger charge is 2.40. The van der Waals surface area contributed by atoms with E-state index in [1.54, 1.807) is 0 Å². The number of hydrogen-bond acceptors (Lipinski definition) is 3. The largest absolute Gasteiger partial charge is 0.464 e. The fourth-order valence-electron chi connectivity index (χ4n) is 5.62. The van der Waals surface area contributed by atoms with E-state index in [1.807, 2.05) is 0 Å². The lowest BCUT2D eigenvalue weighted by molar-refractivity contribution is -0.0189. The van der Waals surface area contributed by atoms with Crippen LogP contribution in [0.2, 0.25) is 0 Å². The van der Waals surface area contributed by atoms with Crippen LogP contribution in [-0.2, 0) is 6.54 Å². The van der Waals surface area contributed by atoms with Crippen molar-refractivity contribution in [2.24, 2.45) is 5.10 Å². The van der Waals surface area contributed by atoms with Gasteiger partial charge in [-0.15, -0.1) is 0 Å². The van der Waals surface area contributed by atoms with Crippen LogP contribution >= 0.6 is 0 Å². The molecule has 2 aliphatic rings. The third-order valence-corrected chi connectivity index (χ3v) is 7.20. The zero-order valence-corrected chi connectivity index (χ0v) is 19.1. The van der Waals surface area contributed by atoms with Crippen molar-refractivity contribution in [3.8, 4) is 5.75 Å². The second-order valence-electron chi connectivity index (χ2n) is 9.06. The highest BCUT2D eigenvalue weighted by molar-refractivity contribution is 6.08. The van der Waals surface area contributed by atoms with Crippen LogP contribution in [0.15, 0.2) is 102 Å². The lowest BCUT2D eigenvalue weighted by atomic mass is 9.96. The number of rotatable bonds is 3. The molecule has 1 aromatic heterocycles. The van der Waals surface area contributed by atoms with Gasteiger partial charge in [0.25, 0.3) is 0 Å². The number of hydrazone groups is 1. The van der Waals surface area contributed by atoms with Crippen molar-refractivity contribution in [1.29, 1.82) is 0 Å². The van der Waals surface area contributed by atoms with Crippen LogP contribution in [0.1, 0.15) is 42.3 Å². The monoisotopic (exact) mass is 443 g/mol. The smallest absolute Gasteiger partial charge is 0.213 e. The summed E-state index contributed by atoms with van der Waals surface area (Å²) in [4.78, 5) is 0. The molecule has 7 rings (SSSR count). The summed E-state index contributed by atoms with van der Waals surface area (Å²) < 4.78 is 9.01. The SMILES string of the molecule is CCn1c2ccccc2c2cc([C@H]3Oc4ccccc4[C@H]4CC(c5ccccc5)=NN43)ccc21. The van der Waals surface area contributed by atoms with Crippen molar-refractivity contribution in [3.05, 3.63) is 114 Å². The predicted octanol–water partition coefficient (Wildman–Crippen LogP) is 7.06. The van der Waals surface area contributed by atoms with Crippen molar-refractivity contribution in [2.75, 3.05) is 0 Å². The van der Waals surface area contributed by atoms with Crippen LogP contribution in [0, 0.1) is 0 Å². The first kappa shape index (κ1) is 19.4. The number of aromatic nitrogens is 1. The summed E-state index contributed by atoms with van der Waals surface area (Å²) in [5.74, 6) is 0.953. The summed E-state index contributed by atoms with van der Waals surface area (Å²) in [5.41, 5.74) is 7.15. The van der Waals surface area contributed by atoms with Crippen LogP contribution in [0.5, 0.6) is 5.75 Å². The topological polar surface area (TPSA) is 29.8 Å². The van der Waals surface area contributed by atoms with Gasteiger partial charge in [-0.2, -0.15) is 5.10 Å². The van der Waals surface area contributed by atoms with Crippen LogP contribution < -0.4 is 4.74 Å². The van der Waals surface area contributed by atoms with Crippen molar-refractivity contribution in [3.63, 3.8) is 0 Å². The summed E-state index contributed by atoms with van der Waals surface area (Å²) >= 11 is 0. The Balaban J connectivity index is 1.39. The summed E-state index contributed by atoms with van der Waals surface area (Å²) in [7, 11) is 0. The van der Waals surface area contributed by atoms with Gasteiger partial charge in [-0.25, -0.2) is 5.01 Å². The quantitative estimate of drug-likeness (QED) is 0.299. The van der Waals surface area contributed by atoms with Gasteiger partial charge in [0.1, 0.15) is 5.75 Å². The number of nitrogens with zero attached hydrogens (tertiary/aromatic N) is 3. The first-order chi connectivity index (χ1) is 16.8. The molecule has 4 aromatic carbocycles. The number of para-hydroxylation sites is 2. The van der Waals surface area contributed by atoms with E-state index in [0.717, 1.165) is 30.0 Å². The normalized spacial score (nSPS) is 19.1. The maximum Gasteiger partial charge on any atom is 0.213 e. The molecule has 0 aliphatic carbocycles. The van der Waals surface area contributed by atoms with Gasteiger partial charge in [-0.1, -0.05) is 72.8 Å². The fraction of sp³-hybridized carbons (Fsp3) is 0.167. The third kappa shape index (κ3) is 2.81. The Bertz CT molecular complexity index is 1570. The Hall–Kier alpha value is -4.05. The number of ether oxygens (including phenoxy) is 1. The Kier molecular flexibility index (Phi) is 4.28. The van der Waals surface area contributed by atoms with Crippen LogP contribution in [-0.4, -0.2) is 15.3 Å². The Labute approximate surface area is 198 Å². The van der Waals surface area contributed by atoms with E-state index < -0.39 is 0 Å². The second kappa shape index (κ2) is 7.49. The van der Waals surface area contributed by atoms with Crippen LogP contribution in [0.25, 0.3) is 21.8 Å². The van der Waals surface area contributed by atoms with E-state index in [2.05, 4.69) is 114 Å². The Morgan fingerprint density at radius 2 is 1.59 bits per heavy atom. The molecule has 5 aromatic rings. The maximum atomic E-state index is 6.62. The van der Waals surface area contributed by atoms with Crippen molar-refractivity contribution < 1.29 is 4.74 Å². The predicted molar refractivity (Wildman–Crippen MR) is 137 cm³/mol. The summed E-state index contributed by atoms with van der Waals surface area (Å²) in [6, 6.07) is 34.5. The molecule has 2 atom stereocenters. The van der Waals surface area contributed by atoms with E-state index in [4.69, 9.17) is 9.84 Å². The molecular formula is C30H25N3O. The number of fused-ring (bicyclic) bond motifs is 6. The van der Waals surface area contributed by atoms with Gasteiger partial charge in [-0.05, 0) is 36.8 Å². The molecule has 0 saturated carbocycles. The third-order valence-electron chi connectivity index (χ3n) is 7.20. The summed E-state index contributed by atoms with van der Waals surface area (Å²) in [5, 5.41) is 9.84. The molecule has 4 nitrogen and oxygen atoms in total. The molecule has 2 aliphatic heterocycles. The summed E-state index contributed by atoms with van der Waals surface area (Å²) in [6.45, 7) is 3.14. The molecule has 4 heteroatoms. The maximum absolute atomic E-state index is 6.62. The van der Waals surface area contributed by atoms with Gasteiger partial charge in [0.15, 0.2) is 0 Å². The second-order valence-corrected chi connectivity index (χ2v) is 9.06. The lowest BCUT2D eigenvalue weighted by Gasteiger charge is -2.38. The van der Waals surface area contributed by atoms with E-state index in [9.17, 15) is 0 Å². The lowest BCUT2D eigenvalue weighted by Crippen LogP contribution is -2.33. The molecule has 0 bridgehead atoms. The standard InChI is InChI=1S/C30H25N3O/c1-2-32-26-14-8-6-12-22(26)24-18-21(16-17-27(24)32)30-33-28(23-13-7-9-15-29(23)34-30)19-25(31-33)20-10-4-3-5-11-20/h3-18,28,30H,2,19H2,1H3/t28-,30-/m1/s1. The summed E-state index contributed by atoms with van der Waals surface area (Å²) in [6.07, 6.45) is 0.604. The fourth-order valence-corrected chi connectivity index (χ4v) is 5.62. The van der Waals surface area contributed by atoms with Crippen molar-refractivity contribution >= 4 is 27.5 Å². The van der Waals surface area contributed by atoms with Crippen molar-refractivity contribution in [1.82, 2.24) is 9.58 Å². The van der Waals surface area contributed by atoms with Crippen molar-refractivity contribution in [2.45, 2.75) is 32.2 Å². The van der Waals surface area contributed by atoms with Gasteiger partial charge in [0.2, 0.25) is 6.23 Å². The van der Waals surface area contributed by atoms with Crippen LogP contribution in [0.3, 0.4) is 0 Å². The molecule has 0 spiro atoms. The van der Waals surface area contributed by atoms with E-state index in [-0.39, 0.29) is 12.3 Å². The molecular weight excluding hydrogens is 418 g/mol.